The molecule has 1 aromatic heterocycles. The van der Waals surface area contributed by atoms with Gasteiger partial charge in [-0.3, -0.25) is 0 Å². The van der Waals surface area contributed by atoms with Gasteiger partial charge < -0.3 is 10.1 Å². The number of thiazole rings is 1. The van der Waals surface area contributed by atoms with E-state index in [0.717, 1.165) is 13.0 Å². The molecule has 20 heavy (non-hydrogen) atoms. The molecular weight excluding hydrogens is 268 g/mol. The van der Waals surface area contributed by atoms with Gasteiger partial charge >= 0.3 is 0 Å². The molecule has 0 amide bonds. The number of nitrogens with zero attached hydrogens (tertiary/aromatic N) is 1. The van der Waals surface area contributed by atoms with Gasteiger partial charge in [0, 0.05) is 29.1 Å². The van der Waals surface area contributed by atoms with Crippen molar-refractivity contribution >= 4 is 11.3 Å². The maximum atomic E-state index is 6.02. The van der Waals surface area contributed by atoms with E-state index in [0.29, 0.717) is 24.1 Å². The highest BCUT2D eigenvalue weighted by Gasteiger charge is 2.49. The molecule has 1 aromatic rings. The van der Waals surface area contributed by atoms with Crippen molar-refractivity contribution < 1.29 is 4.74 Å². The Morgan fingerprint density at radius 2 is 2.15 bits per heavy atom. The summed E-state index contributed by atoms with van der Waals surface area (Å²) >= 11 is 1.78. The summed E-state index contributed by atoms with van der Waals surface area (Å²) in [5.41, 5.74) is 0.204. The van der Waals surface area contributed by atoms with Crippen molar-refractivity contribution in [3.63, 3.8) is 0 Å². The highest BCUT2D eigenvalue weighted by molar-refractivity contribution is 7.11. The Balaban J connectivity index is 1.86. The van der Waals surface area contributed by atoms with Crippen molar-refractivity contribution in [2.45, 2.75) is 66.2 Å². The van der Waals surface area contributed by atoms with Crippen LogP contribution in [0.3, 0.4) is 0 Å². The molecule has 1 fully saturated rings. The second-order valence-corrected chi connectivity index (χ2v) is 8.29. The maximum absolute atomic E-state index is 6.02. The Bertz CT molecular complexity index is 441. The molecule has 2 rings (SSSR count). The Morgan fingerprint density at radius 1 is 1.45 bits per heavy atom. The summed E-state index contributed by atoms with van der Waals surface area (Å²) in [5, 5.41) is 4.91. The van der Waals surface area contributed by atoms with E-state index < -0.39 is 0 Å². The Morgan fingerprint density at radius 3 is 2.65 bits per heavy atom. The van der Waals surface area contributed by atoms with Gasteiger partial charge in [-0.2, -0.15) is 0 Å². The standard InChI is InChI=1S/C16H28N2OS/c1-10(2)9-19-14-7-13(16(14,5)6)18-12(4)15-17-8-11(3)20-15/h8,10,12-14,18H,7,9H2,1-6H3. The van der Waals surface area contributed by atoms with E-state index in [1.807, 2.05) is 6.20 Å². The normalized spacial score (nSPS) is 26.6. The van der Waals surface area contributed by atoms with E-state index in [4.69, 9.17) is 4.74 Å². The first-order valence-corrected chi connectivity index (χ1v) is 8.42. The van der Waals surface area contributed by atoms with Gasteiger partial charge in [-0.05, 0) is 26.2 Å². The molecule has 0 aliphatic heterocycles. The SMILES string of the molecule is Cc1cnc(C(C)NC2CC(OCC(C)C)C2(C)C)s1. The predicted octanol–water partition coefficient (Wildman–Crippen LogP) is 3.94. The summed E-state index contributed by atoms with van der Waals surface area (Å²) in [4.78, 5) is 5.76. The van der Waals surface area contributed by atoms with E-state index in [2.05, 4.69) is 51.8 Å². The van der Waals surface area contributed by atoms with Gasteiger partial charge in [0.05, 0.1) is 12.1 Å². The minimum atomic E-state index is 0.204. The molecule has 3 atom stereocenters. The molecule has 114 valence electrons. The van der Waals surface area contributed by atoms with Crippen LogP contribution in [-0.4, -0.2) is 23.7 Å². The topological polar surface area (TPSA) is 34.2 Å². The Labute approximate surface area is 127 Å². The smallest absolute Gasteiger partial charge is 0.109 e. The van der Waals surface area contributed by atoms with Gasteiger partial charge in [0.1, 0.15) is 5.01 Å². The lowest BCUT2D eigenvalue weighted by atomic mass is 9.64. The number of aromatic nitrogens is 1. The second kappa shape index (κ2) is 6.12. The molecule has 4 heteroatoms. The third kappa shape index (κ3) is 3.41. The van der Waals surface area contributed by atoms with Crippen LogP contribution >= 0.6 is 11.3 Å². The zero-order chi connectivity index (χ0) is 14.9. The lowest BCUT2D eigenvalue weighted by molar-refractivity contribution is -0.125. The summed E-state index contributed by atoms with van der Waals surface area (Å²) < 4.78 is 6.02. The summed E-state index contributed by atoms with van der Waals surface area (Å²) in [5.74, 6) is 0.607. The average molecular weight is 296 g/mol. The number of rotatable bonds is 6. The van der Waals surface area contributed by atoms with Gasteiger partial charge in [-0.1, -0.05) is 27.7 Å². The third-order valence-electron chi connectivity index (χ3n) is 4.27. The van der Waals surface area contributed by atoms with Crippen LogP contribution in [0.5, 0.6) is 0 Å². The Hall–Kier alpha value is -0.450. The number of ether oxygens (including phenoxy) is 1. The van der Waals surface area contributed by atoms with E-state index in [1.54, 1.807) is 11.3 Å². The van der Waals surface area contributed by atoms with Crippen LogP contribution < -0.4 is 5.32 Å². The van der Waals surface area contributed by atoms with Crippen LogP contribution in [0.15, 0.2) is 6.20 Å². The van der Waals surface area contributed by atoms with Crippen molar-refractivity contribution in [1.82, 2.24) is 10.3 Å². The molecule has 1 aliphatic rings. The average Bonchev–Trinajstić information content (AvgIpc) is 2.79. The monoisotopic (exact) mass is 296 g/mol. The number of aryl methyl sites for hydroxylation is 1. The van der Waals surface area contributed by atoms with Crippen LogP contribution in [0.1, 0.15) is 57.0 Å². The molecule has 3 unspecified atom stereocenters. The number of nitrogens with one attached hydrogen (secondary N) is 1. The van der Waals surface area contributed by atoms with Gasteiger partial charge in [-0.25, -0.2) is 4.98 Å². The summed E-state index contributed by atoms with van der Waals surface area (Å²) in [6, 6.07) is 0.836. The molecule has 0 bridgehead atoms. The van der Waals surface area contributed by atoms with E-state index in [9.17, 15) is 0 Å². The number of hydrogen-bond acceptors (Lipinski definition) is 4. The first kappa shape index (κ1) is 15.9. The van der Waals surface area contributed by atoms with Gasteiger partial charge in [0.15, 0.2) is 0 Å². The first-order chi connectivity index (χ1) is 9.30. The summed E-state index contributed by atoms with van der Waals surface area (Å²) in [7, 11) is 0. The fourth-order valence-electron chi connectivity index (χ4n) is 2.71. The van der Waals surface area contributed by atoms with Crippen LogP contribution in [0.2, 0.25) is 0 Å². The van der Waals surface area contributed by atoms with Crippen LogP contribution in [-0.2, 0) is 4.74 Å². The van der Waals surface area contributed by atoms with Gasteiger partial charge in [0.25, 0.3) is 0 Å². The molecule has 0 aromatic carbocycles. The third-order valence-corrected chi connectivity index (χ3v) is 5.36. The van der Waals surface area contributed by atoms with Crippen LogP contribution in [0, 0.1) is 18.3 Å². The molecule has 1 N–H and O–H groups in total. The van der Waals surface area contributed by atoms with Crippen molar-refractivity contribution in [2.75, 3.05) is 6.61 Å². The van der Waals surface area contributed by atoms with Crippen molar-refractivity contribution in [3.05, 3.63) is 16.1 Å². The lowest BCUT2D eigenvalue weighted by Gasteiger charge is -2.52. The summed E-state index contributed by atoms with van der Waals surface area (Å²) in [6.07, 6.45) is 3.44. The zero-order valence-electron chi connectivity index (χ0n) is 13.6. The molecule has 3 nitrogen and oxygen atoms in total. The van der Waals surface area contributed by atoms with E-state index in [1.165, 1.54) is 9.88 Å². The van der Waals surface area contributed by atoms with Gasteiger partial charge in [-0.15, -0.1) is 11.3 Å². The maximum Gasteiger partial charge on any atom is 0.109 e. The molecule has 0 spiro atoms. The van der Waals surface area contributed by atoms with E-state index in [-0.39, 0.29) is 5.41 Å². The van der Waals surface area contributed by atoms with Crippen molar-refractivity contribution in [1.29, 1.82) is 0 Å². The van der Waals surface area contributed by atoms with Gasteiger partial charge in [0.2, 0.25) is 0 Å². The lowest BCUT2D eigenvalue weighted by Crippen LogP contribution is -2.61. The van der Waals surface area contributed by atoms with Crippen molar-refractivity contribution in [3.8, 4) is 0 Å². The molecule has 0 saturated heterocycles. The minimum Gasteiger partial charge on any atom is -0.377 e. The zero-order valence-corrected chi connectivity index (χ0v) is 14.4. The highest BCUT2D eigenvalue weighted by Crippen LogP contribution is 2.44. The molecule has 1 aliphatic carbocycles. The molecule has 0 radical (unpaired) electrons. The number of hydrogen-bond donors (Lipinski definition) is 1. The summed E-state index contributed by atoms with van der Waals surface area (Å²) in [6.45, 7) is 14.2. The fraction of sp³-hybridized carbons (Fsp3) is 0.812. The fourth-order valence-corrected chi connectivity index (χ4v) is 3.49. The molecule has 1 heterocycles. The minimum absolute atomic E-state index is 0.204. The van der Waals surface area contributed by atoms with Crippen molar-refractivity contribution in [2.24, 2.45) is 11.3 Å². The van der Waals surface area contributed by atoms with E-state index >= 15 is 0 Å². The Kier molecular flexibility index (Phi) is 4.88. The largest absolute Gasteiger partial charge is 0.377 e. The molecular formula is C16H28N2OS. The van der Waals surface area contributed by atoms with Crippen LogP contribution in [0.25, 0.3) is 0 Å². The predicted molar refractivity (Wildman–Crippen MR) is 85.2 cm³/mol. The first-order valence-electron chi connectivity index (χ1n) is 7.60. The highest BCUT2D eigenvalue weighted by atomic mass is 32.1. The van der Waals surface area contributed by atoms with Crippen LogP contribution in [0.4, 0.5) is 0 Å². The second-order valence-electron chi connectivity index (χ2n) is 7.02. The quantitative estimate of drug-likeness (QED) is 0.863. The molecule has 1 saturated carbocycles.